The Morgan fingerprint density at radius 3 is 0.781 bits per heavy atom. The van der Waals surface area contributed by atoms with Gasteiger partial charge in [-0.25, -0.2) is 0 Å². The van der Waals surface area contributed by atoms with Crippen LogP contribution < -0.4 is 0 Å². The van der Waals surface area contributed by atoms with Gasteiger partial charge in [-0.2, -0.15) is 0 Å². The molecule has 0 aromatic carbocycles. The van der Waals surface area contributed by atoms with Crippen LogP contribution in [0.25, 0.3) is 0 Å². The van der Waals surface area contributed by atoms with Crippen molar-refractivity contribution in [1.82, 2.24) is 0 Å². The second kappa shape index (κ2) is 53.8. The molecular weight excluding hydrogens is 793 g/mol. The van der Waals surface area contributed by atoms with E-state index in [2.05, 4.69) is 32.9 Å². The first-order valence-electron chi connectivity index (χ1n) is 28.7. The van der Waals surface area contributed by atoms with Crippen molar-refractivity contribution >= 4 is 17.9 Å². The van der Waals surface area contributed by atoms with Gasteiger partial charge in [-0.3, -0.25) is 14.4 Å². The molecule has 0 N–H and O–H groups in total. The molecular formula is C58H110O6. The largest absolute Gasteiger partial charge is 0.462 e. The summed E-state index contributed by atoms with van der Waals surface area (Å²) in [5.41, 5.74) is 0. The maximum atomic E-state index is 12.8. The number of carbonyl (C=O) groups excluding carboxylic acids is 3. The highest BCUT2D eigenvalue weighted by Crippen LogP contribution is 2.17. The van der Waals surface area contributed by atoms with Crippen molar-refractivity contribution in [1.29, 1.82) is 0 Å². The Morgan fingerprint density at radius 1 is 0.297 bits per heavy atom. The Hall–Kier alpha value is -1.85. The van der Waals surface area contributed by atoms with Gasteiger partial charge in [0, 0.05) is 19.3 Å². The zero-order valence-electron chi connectivity index (χ0n) is 43.3. The van der Waals surface area contributed by atoms with Gasteiger partial charge in [0.15, 0.2) is 6.10 Å². The van der Waals surface area contributed by atoms with Crippen LogP contribution >= 0.6 is 0 Å². The third kappa shape index (κ3) is 51.1. The summed E-state index contributed by atoms with van der Waals surface area (Å²) in [5, 5.41) is 0. The SMILES string of the molecule is CCCCCCC/C=C\CCCCCCCC(=O)OC(COC(=O)CCCCCCCCC)COC(=O)CCCCCCCCCCCCCCCCCCCCCCCCCCC. The summed E-state index contributed by atoms with van der Waals surface area (Å²) in [7, 11) is 0. The van der Waals surface area contributed by atoms with Gasteiger partial charge in [0.2, 0.25) is 0 Å². The number of ether oxygens (including phenoxy) is 3. The number of rotatable bonds is 53. The van der Waals surface area contributed by atoms with E-state index >= 15 is 0 Å². The quantitative estimate of drug-likeness (QED) is 0.0262. The Balaban J connectivity index is 4.06. The lowest BCUT2D eigenvalue weighted by atomic mass is 10.0. The first-order valence-corrected chi connectivity index (χ1v) is 28.7. The first-order chi connectivity index (χ1) is 31.5. The van der Waals surface area contributed by atoms with Gasteiger partial charge < -0.3 is 14.2 Å². The van der Waals surface area contributed by atoms with E-state index in [1.165, 1.54) is 218 Å². The molecule has 1 unspecified atom stereocenters. The van der Waals surface area contributed by atoms with Crippen LogP contribution in [0.3, 0.4) is 0 Å². The fourth-order valence-electron chi connectivity index (χ4n) is 8.68. The highest BCUT2D eigenvalue weighted by atomic mass is 16.6. The molecule has 0 heterocycles. The van der Waals surface area contributed by atoms with Crippen molar-refractivity contribution in [3.05, 3.63) is 12.2 Å². The van der Waals surface area contributed by atoms with Gasteiger partial charge in [0.25, 0.3) is 0 Å². The molecule has 0 amide bonds. The lowest BCUT2D eigenvalue weighted by molar-refractivity contribution is -0.167. The predicted octanol–water partition coefficient (Wildman–Crippen LogP) is 18.9. The van der Waals surface area contributed by atoms with Gasteiger partial charge in [-0.05, 0) is 44.9 Å². The molecule has 6 nitrogen and oxygen atoms in total. The van der Waals surface area contributed by atoms with Crippen LogP contribution in [0.5, 0.6) is 0 Å². The van der Waals surface area contributed by atoms with Crippen molar-refractivity contribution in [3.63, 3.8) is 0 Å². The van der Waals surface area contributed by atoms with Crippen LogP contribution in [0, 0.1) is 0 Å². The minimum atomic E-state index is -0.767. The highest BCUT2D eigenvalue weighted by Gasteiger charge is 2.19. The monoisotopic (exact) mass is 903 g/mol. The fourth-order valence-corrected chi connectivity index (χ4v) is 8.68. The van der Waals surface area contributed by atoms with E-state index in [9.17, 15) is 14.4 Å². The zero-order chi connectivity index (χ0) is 46.5. The molecule has 0 rings (SSSR count). The molecule has 0 spiro atoms. The van der Waals surface area contributed by atoms with Gasteiger partial charge in [0.1, 0.15) is 13.2 Å². The predicted molar refractivity (Wildman–Crippen MR) is 275 cm³/mol. The van der Waals surface area contributed by atoms with Crippen LogP contribution in [0.2, 0.25) is 0 Å². The molecule has 0 saturated carbocycles. The second-order valence-electron chi connectivity index (χ2n) is 19.6. The van der Waals surface area contributed by atoms with Crippen molar-refractivity contribution in [2.24, 2.45) is 0 Å². The number of unbranched alkanes of at least 4 members (excludes halogenated alkanes) is 40. The molecule has 1 atom stereocenters. The van der Waals surface area contributed by atoms with Crippen LogP contribution in [0.4, 0.5) is 0 Å². The smallest absolute Gasteiger partial charge is 0.306 e. The van der Waals surface area contributed by atoms with Crippen LogP contribution in [0.1, 0.15) is 323 Å². The van der Waals surface area contributed by atoms with E-state index in [1.807, 2.05) is 0 Å². The van der Waals surface area contributed by atoms with Crippen molar-refractivity contribution in [2.45, 2.75) is 329 Å². The number of hydrogen-bond donors (Lipinski definition) is 0. The molecule has 0 fully saturated rings. The number of carbonyl (C=O) groups is 3. The summed E-state index contributed by atoms with van der Waals surface area (Å²) < 4.78 is 16.8. The zero-order valence-corrected chi connectivity index (χ0v) is 43.3. The first kappa shape index (κ1) is 62.1. The Morgan fingerprint density at radius 2 is 0.516 bits per heavy atom. The van der Waals surface area contributed by atoms with E-state index in [4.69, 9.17) is 14.2 Å². The standard InChI is InChI=1S/C58H110O6/c1-4-7-10-13-16-18-20-22-24-25-26-27-28-29-30-31-32-33-34-36-37-39-42-45-48-51-57(60)63-54-55(53-62-56(59)50-47-44-41-15-12-9-6-3)64-58(61)52-49-46-43-40-38-35-23-21-19-17-14-11-8-5-2/h21,23,55H,4-20,22,24-54H2,1-3H3/b23-21-. The van der Waals surface area contributed by atoms with Gasteiger partial charge in [-0.15, -0.1) is 0 Å². The lowest BCUT2D eigenvalue weighted by Crippen LogP contribution is -2.30. The molecule has 0 aromatic rings. The summed E-state index contributed by atoms with van der Waals surface area (Å²) in [6.45, 7) is 6.63. The summed E-state index contributed by atoms with van der Waals surface area (Å²) in [4.78, 5) is 37.9. The average Bonchev–Trinajstić information content (AvgIpc) is 3.29. The number of esters is 3. The van der Waals surface area contributed by atoms with Crippen LogP contribution in [0.15, 0.2) is 12.2 Å². The number of allylic oxidation sites excluding steroid dienone is 2. The minimum absolute atomic E-state index is 0.0685. The average molecular weight is 904 g/mol. The maximum absolute atomic E-state index is 12.8. The molecule has 0 saturated heterocycles. The molecule has 0 aliphatic rings. The minimum Gasteiger partial charge on any atom is -0.462 e. The summed E-state index contributed by atoms with van der Waals surface area (Å²) in [6, 6.07) is 0. The maximum Gasteiger partial charge on any atom is 0.306 e. The Bertz CT molecular complexity index is 993. The van der Waals surface area contributed by atoms with Gasteiger partial charge >= 0.3 is 17.9 Å². The number of hydrogen-bond acceptors (Lipinski definition) is 6. The summed E-state index contributed by atoms with van der Waals surface area (Å²) in [5.74, 6) is -0.865. The third-order valence-electron chi connectivity index (χ3n) is 13.0. The lowest BCUT2D eigenvalue weighted by Gasteiger charge is -2.18. The van der Waals surface area contributed by atoms with Crippen LogP contribution in [-0.4, -0.2) is 37.2 Å². The van der Waals surface area contributed by atoms with Gasteiger partial charge in [0.05, 0.1) is 0 Å². The Kier molecular flexibility index (Phi) is 52.2. The van der Waals surface area contributed by atoms with E-state index in [1.54, 1.807) is 0 Å². The molecule has 0 radical (unpaired) electrons. The molecule has 0 bridgehead atoms. The molecule has 0 aromatic heterocycles. The third-order valence-corrected chi connectivity index (χ3v) is 13.0. The second-order valence-corrected chi connectivity index (χ2v) is 19.6. The van der Waals surface area contributed by atoms with Gasteiger partial charge in [-0.1, -0.05) is 270 Å². The van der Waals surface area contributed by atoms with Crippen LogP contribution in [-0.2, 0) is 28.6 Å². The van der Waals surface area contributed by atoms with E-state index in [-0.39, 0.29) is 31.1 Å². The molecule has 378 valence electrons. The molecule has 6 heteroatoms. The Labute approximate surface area is 399 Å². The van der Waals surface area contributed by atoms with E-state index < -0.39 is 6.10 Å². The van der Waals surface area contributed by atoms with Crippen molar-refractivity contribution in [3.8, 4) is 0 Å². The molecule has 64 heavy (non-hydrogen) atoms. The molecule has 0 aliphatic heterocycles. The summed E-state index contributed by atoms with van der Waals surface area (Å²) in [6.07, 6.45) is 60.9. The highest BCUT2D eigenvalue weighted by molar-refractivity contribution is 5.71. The molecule has 0 aliphatic carbocycles. The van der Waals surface area contributed by atoms with E-state index in [0.29, 0.717) is 19.3 Å². The summed E-state index contributed by atoms with van der Waals surface area (Å²) >= 11 is 0. The fraction of sp³-hybridized carbons (Fsp3) is 0.914. The van der Waals surface area contributed by atoms with E-state index in [0.717, 1.165) is 64.2 Å². The van der Waals surface area contributed by atoms with Crippen molar-refractivity contribution in [2.75, 3.05) is 13.2 Å². The topological polar surface area (TPSA) is 78.9 Å². The van der Waals surface area contributed by atoms with Crippen molar-refractivity contribution < 1.29 is 28.6 Å². The normalized spacial score (nSPS) is 12.0.